The molecule has 0 radical (unpaired) electrons. The number of aryl methyl sites for hydroxylation is 1. The topological polar surface area (TPSA) is 81.1 Å². The highest BCUT2D eigenvalue weighted by atomic mass is 16.2. The van der Waals surface area contributed by atoms with E-state index in [4.69, 9.17) is 9.59 Å². The number of hydrogen-bond acceptors (Lipinski definition) is 4. The number of aromatic nitrogens is 2. The second-order valence-corrected chi connectivity index (χ2v) is 9.12. The van der Waals surface area contributed by atoms with Gasteiger partial charge in [-0.3, -0.25) is 9.78 Å². The summed E-state index contributed by atoms with van der Waals surface area (Å²) in [6, 6.07) is 30.7. The largest absolute Gasteiger partial charge is 0.373 e. The fourth-order valence-corrected chi connectivity index (χ4v) is 4.60. The van der Waals surface area contributed by atoms with Gasteiger partial charge in [0.25, 0.3) is 5.91 Å². The first-order valence-electron chi connectivity index (χ1n) is 12.4. The first-order valence-corrected chi connectivity index (χ1v) is 12.4. The van der Waals surface area contributed by atoms with E-state index in [1.807, 2.05) is 43.3 Å². The van der Waals surface area contributed by atoms with E-state index in [0.29, 0.717) is 5.56 Å². The number of carbonyl (C=O) groups excluding carboxylic acids is 3. The van der Waals surface area contributed by atoms with Gasteiger partial charge in [-0.05, 0) is 73.4 Å². The monoisotopic (exact) mass is 503 g/mol. The Labute approximate surface area is 222 Å². The van der Waals surface area contributed by atoms with Crippen LogP contribution in [0.4, 0.5) is 0 Å². The van der Waals surface area contributed by atoms with Crippen molar-refractivity contribution in [2.75, 3.05) is 0 Å². The predicted octanol–water partition coefficient (Wildman–Crippen LogP) is 6.28. The maximum atomic E-state index is 13.0. The summed E-state index contributed by atoms with van der Waals surface area (Å²) in [4.78, 5) is 33.6. The fourth-order valence-electron chi connectivity index (χ4n) is 4.60. The molecular formula is C32H29N3O3. The molecule has 0 saturated carbocycles. The Balaban J connectivity index is 0.00000107. The van der Waals surface area contributed by atoms with Gasteiger partial charge in [-0.25, -0.2) is 0 Å². The van der Waals surface area contributed by atoms with Gasteiger partial charge in [-0.15, -0.1) is 0 Å². The van der Waals surface area contributed by atoms with Crippen LogP contribution in [0.1, 0.15) is 45.8 Å². The normalized spacial score (nSPS) is 11.2. The molecule has 0 unspecified atom stereocenters. The molecule has 38 heavy (non-hydrogen) atoms. The van der Waals surface area contributed by atoms with Crippen LogP contribution >= 0.6 is 0 Å². The Hall–Kier alpha value is -4.80. The zero-order valence-electron chi connectivity index (χ0n) is 21.6. The molecule has 6 nitrogen and oxygen atoms in total. The van der Waals surface area contributed by atoms with Crippen LogP contribution in [0.3, 0.4) is 0 Å². The number of nitrogens with one attached hydrogen (secondary N) is 1. The van der Waals surface area contributed by atoms with Gasteiger partial charge in [0.2, 0.25) is 0 Å². The molecule has 6 heteroatoms. The lowest BCUT2D eigenvalue weighted by molar-refractivity contribution is -0.191. The summed E-state index contributed by atoms with van der Waals surface area (Å²) in [7, 11) is 0. The SMILES string of the molecule is Cc1c(C)n(Cc2ccc(-c3ccccc3)cc2)c2ccc(C(=O)N[C@@H](C)c3ccccn3)cc12.O=C=O. The Kier molecular flexibility index (Phi) is 8.27. The smallest absolute Gasteiger partial charge is 0.344 e. The van der Waals surface area contributed by atoms with Gasteiger partial charge < -0.3 is 9.88 Å². The van der Waals surface area contributed by atoms with E-state index in [2.05, 4.69) is 83.3 Å². The maximum Gasteiger partial charge on any atom is 0.373 e. The molecule has 5 aromatic rings. The number of amides is 1. The Bertz CT molecular complexity index is 1570. The van der Waals surface area contributed by atoms with E-state index < -0.39 is 0 Å². The summed E-state index contributed by atoms with van der Waals surface area (Å²) in [5.41, 5.74) is 8.75. The zero-order chi connectivity index (χ0) is 27.1. The number of hydrogen-bond donors (Lipinski definition) is 1. The molecule has 1 amide bonds. The molecule has 3 aromatic carbocycles. The van der Waals surface area contributed by atoms with Crippen LogP contribution in [0, 0.1) is 13.8 Å². The maximum absolute atomic E-state index is 13.0. The Morgan fingerprint density at radius 3 is 2.21 bits per heavy atom. The van der Waals surface area contributed by atoms with E-state index in [1.165, 1.54) is 27.9 Å². The van der Waals surface area contributed by atoms with Crippen LogP contribution in [-0.4, -0.2) is 21.6 Å². The quantitative estimate of drug-likeness (QED) is 0.296. The van der Waals surface area contributed by atoms with Crippen molar-refractivity contribution >= 4 is 23.0 Å². The van der Waals surface area contributed by atoms with Crippen LogP contribution < -0.4 is 5.32 Å². The number of benzene rings is 3. The highest BCUT2D eigenvalue weighted by Gasteiger charge is 2.16. The lowest BCUT2D eigenvalue weighted by atomic mass is 10.0. The van der Waals surface area contributed by atoms with Gasteiger partial charge in [-0.2, -0.15) is 9.59 Å². The molecule has 0 bridgehead atoms. The molecule has 190 valence electrons. The molecule has 2 aromatic heterocycles. The molecule has 0 spiro atoms. The van der Waals surface area contributed by atoms with Crippen LogP contribution in [0.15, 0.2) is 97.2 Å². The summed E-state index contributed by atoms with van der Waals surface area (Å²) in [6.45, 7) is 7.02. The fraction of sp³-hybridized carbons (Fsp3) is 0.156. The third-order valence-electron chi connectivity index (χ3n) is 6.78. The van der Waals surface area contributed by atoms with Gasteiger partial charge in [0.15, 0.2) is 0 Å². The van der Waals surface area contributed by atoms with Crippen molar-refractivity contribution < 1.29 is 14.4 Å². The van der Waals surface area contributed by atoms with E-state index in [9.17, 15) is 4.79 Å². The van der Waals surface area contributed by atoms with Crippen molar-refractivity contribution in [1.82, 2.24) is 14.9 Å². The molecule has 2 heterocycles. The molecular weight excluding hydrogens is 474 g/mol. The molecule has 0 aliphatic rings. The molecule has 0 saturated heterocycles. The van der Waals surface area contributed by atoms with Crippen molar-refractivity contribution in [2.24, 2.45) is 0 Å². The first kappa shape index (κ1) is 26.3. The van der Waals surface area contributed by atoms with E-state index >= 15 is 0 Å². The lowest BCUT2D eigenvalue weighted by Crippen LogP contribution is -2.27. The third kappa shape index (κ3) is 5.77. The second-order valence-electron chi connectivity index (χ2n) is 9.12. The molecule has 0 fully saturated rings. The van der Waals surface area contributed by atoms with E-state index in [1.54, 1.807) is 6.20 Å². The standard InChI is InChI=1S/C31H29N3O.CO2/c1-21-23(3)34(20-24-12-14-26(15-13-24)25-9-5-4-6-10-25)30-17-16-27(19-28(21)30)31(35)33-22(2)29-11-7-8-18-32-29;2-1-3/h4-19,22H,20H2,1-3H3,(H,33,35);/t22-;/m0./s1. The number of rotatable bonds is 6. The summed E-state index contributed by atoms with van der Waals surface area (Å²) in [6.07, 6.45) is 1.99. The molecule has 5 rings (SSSR count). The minimum Gasteiger partial charge on any atom is -0.344 e. The van der Waals surface area contributed by atoms with Gasteiger partial charge >= 0.3 is 6.15 Å². The zero-order valence-corrected chi connectivity index (χ0v) is 21.6. The molecule has 0 aliphatic carbocycles. The van der Waals surface area contributed by atoms with Gasteiger partial charge in [-0.1, -0.05) is 60.7 Å². The predicted molar refractivity (Wildman–Crippen MR) is 148 cm³/mol. The van der Waals surface area contributed by atoms with E-state index in [0.717, 1.165) is 23.1 Å². The number of carbonyl (C=O) groups is 1. The van der Waals surface area contributed by atoms with Crippen molar-refractivity contribution in [3.63, 3.8) is 0 Å². The summed E-state index contributed by atoms with van der Waals surface area (Å²) in [5.74, 6) is -0.0913. The van der Waals surface area contributed by atoms with Crippen molar-refractivity contribution in [3.8, 4) is 11.1 Å². The van der Waals surface area contributed by atoms with Gasteiger partial charge in [0.1, 0.15) is 0 Å². The van der Waals surface area contributed by atoms with Gasteiger partial charge in [0, 0.05) is 34.9 Å². The molecule has 0 aliphatic heterocycles. The van der Waals surface area contributed by atoms with Crippen LogP contribution in [0.25, 0.3) is 22.0 Å². The first-order chi connectivity index (χ1) is 18.4. The highest BCUT2D eigenvalue weighted by Crippen LogP contribution is 2.28. The second kappa shape index (κ2) is 12.0. The molecule has 1 N–H and O–H groups in total. The average Bonchev–Trinajstić information content (AvgIpc) is 3.19. The van der Waals surface area contributed by atoms with Crippen molar-refractivity contribution in [1.29, 1.82) is 0 Å². The Morgan fingerprint density at radius 2 is 1.55 bits per heavy atom. The average molecular weight is 504 g/mol. The van der Waals surface area contributed by atoms with Crippen LogP contribution in [-0.2, 0) is 16.1 Å². The summed E-state index contributed by atoms with van der Waals surface area (Å²) >= 11 is 0. The lowest BCUT2D eigenvalue weighted by Gasteiger charge is -2.13. The summed E-state index contributed by atoms with van der Waals surface area (Å²) in [5, 5.41) is 4.18. The van der Waals surface area contributed by atoms with Gasteiger partial charge in [0.05, 0.1) is 11.7 Å². The van der Waals surface area contributed by atoms with Crippen molar-refractivity contribution in [2.45, 2.75) is 33.4 Å². The third-order valence-corrected chi connectivity index (χ3v) is 6.78. The number of nitrogens with zero attached hydrogens (tertiary/aromatic N) is 2. The summed E-state index contributed by atoms with van der Waals surface area (Å²) < 4.78 is 2.33. The van der Waals surface area contributed by atoms with E-state index in [-0.39, 0.29) is 18.1 Å². The van der Waals surface area contributed by atoms with Crippen molar-refractivity contribution in [3.05, 3.63) is 125 Å². The van der Waals surface area contributed by atoms with Crippen LogP contribution in [0.2, 0.25) is 0 Å². The Morgan fingerprint density at radius 1 is 0.895 bits per heavy atom. The minimum absolute atomic E-state index is 0.0913. The molecule has 1 atom stereocenters. The minimum atomic E-state index is -0.161. The van der Waals surface area contributed by atoms with Crippen LogP contribution in [0.5, 0.6) is 0 Å². The number of pyridine rings is 1. The highest BCUT2D eigenvalue weighted by molar-refractivity contribution is 5.99. The number of fused-ring (bicyclic) bond motifs is 1.